The molecule has 0 spiro atoms. The van der Waals surface area contributed by atoms with E-state index in [0.29, 0.717) is 17.1 Å². The molecule has 3 rings (SSSR count). The van der Waals surface area contributed by atoms with E-state index in [0.717, 1.165) is 0 Å². The van der Waals surface area contributed by atoms with Crippen molar-refractivity contribution in [1.82, 2.24) is 0 Å². The fourth-order valence-corrected chi connectivity index (χ4v) is 3.68. The zero-order valence-corrected chi connectivity index (χ0v) is 17.9. The summed E-state index contributed by atoms with van der Waals surface area (Å²) in [5.41, 5.74) is 1.81. The van der Waals surface area contributed by atoms with Gasteiger partial charge in [0.2, 0.25) is 0 Å². The van der Waals surface area contributed by atoms with Gasteiger partial charge in [-0.3, -0.25) is 9.11 Å². The highest BCUT2D eigenvalue weighted by Gasteiger charge is 2.14. The normalized spacial score (nSPS) is 12.4. The minimum Gasteiger partial charge on any atom is -0.282 e. The van der Waals surface area contributed by atoms with Gasteiger partial charge < -0.3 is 0 Å². The van der Waals surface area contributed by atoms with E-state index in [9.17, 15) is 21.4 Å². The lowest BCUT2D eigenvalue weighted by atomic mass is 10.2. The molecule has 0 aliphatic rings. The van der Waals surface area contributed by atoms with Crippen LogP contribution in [0.4, 0.5) is 22.7 Å². The lowest BCUT2D eigenvalue weighted by molar-refractivity contribution is 0.481. The number of hydrogen-bond acceptors (Lipinski definition) is 8. The average Bonchev–Trinajstić information content (AvgIpc) is 2.76. The Morgan fingerprint density at radius 1 is 0.625 bits per heavy atom. The van der Waals surface area contributed by atoms with E-state index in [1.54, 1.807) is 24.3 Å². The lowest BCUT2D eigenvalue weighted by Gasteiger charge is -2.03. The Morgan fingerprint density at radius 3 is 1.44 bits per heavy atom. The first kappa shape index (κ1) is 23.1. The largest absolute Gasteiger partial charge is 0.295 e. The molecule has 12 heteroatoms. The quantitative estimate of drug-likeness (QED) is 0.334. The van der Waals surface area contributed by atoms with E-state index in [1.807, 2.05) is 0 Å². The summed E-state index contributed by atoms with van der Waals surface area (Å²) in [6, 6.07) is 15.9. The molecule has 0 saturated carbocycles. The molecule has 0 atom stereocenters. The van der Waals surface area contributed by atoms with Gasteiger partial charge in [0.1, 0.15) is 4.90 Å². The molecule has 3 aromatic carbocycles. The van der Waals surface area contributed by atoms with E-state index in [-0.39, 0.29) is 21.0 Å². The van der Waals surface area contributed by atoms with E-state index in [4.69, 9.17) is 4.55 Å². The van der Waals surface area contributed by atoms with Crippen LogP contribution in [-0.2, 0) is 20.2 Å². The summed E-state index contributed by atoms with van der Waals surface area (Å²) in [6.45, 7) is 3.50. The predicted molar refractivity (Wildman–Crippen MR) is 117 cm³/mol. The van der Waals surface area contributed by atoms with Crippen LogP contribution in [0, 0.1) is 0 Å². The summed E-state index contributed by atoms with van der Waals surface area (Å²) in [5, 5.41) is 16.0. The smallest absolute Gasteiger partial charge is 0.282 e. The summed E-state index contributed by atoms with van der Waals surface area (Å²) >= 11 is 0. The predicted octanol–water partition coefficient (Wildman–Crippen LogP) is 5.65. The van der Waals surface area contributed by atoms with Crippen molar-refractivity contribution >= 4 is 49.1 Å². The van der Waals surface area contributed by atoms with Crippen molar-refractivity contribution in [2.75, 3.05) is 0 Å². The van der Waals surface area contributed by atoms with E-state index >= 15 is 0 Å². The van der Waals surface area contributed by atoms with Crippen LogP contribution in [0.25, 0.3) is 6.08 Å². The van der Waals surface area contributed by atoms with Crippen LogP contribution in [-0.4, -0.2) is 25.9 Å². The second-order valence-electron chi connectivity index (χ2n) is 6.29. The highest BCUT2D eigenvalue weighted by Crippen LogP contribution is 2.27. The molecule has 0 radical (unpaired) electrons. The lowest BCUT2D eigenvalue weighted by Crippen LogP contribution is -2.00. The van der Waals surface area contributed by atoms with Gasteiger partial charge in [-0.05, 0) is 66.2 Å². The highest BCUT2D eigenvalue weighted by molar-refractivity contribution is 7.86. The van der Waals surface area contributed by atoms with E-state index < -0.39 is 20.2 Å². The first-order valence-corrected chi connectivity index (χ1v) is 11.7. The first-order chi connectivity index (χ1) is 15.1. The van der Waals surface area contributed by atoms with E-state index in [2.05, 4.69) is 27.0 Å². The van der Waals surface area contributed by atoms with E-state index in [1.165, 1.54) is 48.5 Å². The number of benzene rings is 3. The van der Waals surface area contributed by atoms with Gasteiger partial charge in [0, 0.05) is 0 Å². The van der Waals surface area contributed by atoms with Gasteiger partial charge in [-0.2, -0.15) is 37.3 Å². The Labute approximate surface area is 184 Å². The van der Waals surface area contributed by atoms with Gasteiger partial charge in [-0.15, -0.1) is 0 Å². The van der Waals surface area contributed by atoms with Gasteiger partial charge in [-0.25, -0.2) is 0 Å². The molecule has 164 valence electrons. The number of azo groups is 2. The third kappa shape index (κ3) is 5.98. The standard InChI is InChI=1S/C20H16N4O6S2/c1-2-14-3-4-18(13-20(14)32(28,29)30)24-23-16-7-5-15(6-8-16)21-22-17-9-11-19(12-10-17)31(25,26)27/h2-13H,1H2,(H,25,26,27)(H,28,29,30). The van der Waals surface area contributed by atoms with Crippen LogP contribution in [0.5, 0.6) is 0 Å². The minimum absolute atomic E-state index is 0.223. The van der Waals surface area contributed by atoms with Crippen LogP contribution in [0.15, 0.2) is 104 Å². The van der Waals surface area contributed by atoms with Crippen LogP contribution in [0.2, 0.25) is 0 Å². The molecule has 0 heterocycles. The highest BCUT2D eigenvalue weighted by atomic mass is 32.2. The number of rotatable bonds is 7. The summed E-state index contributed by atoms with van der Waals surface area (Å²) in [6.07, 6.45) is 1.31. The molecule has 10 nitrogen and oxygen atoms in total. The van der Waals surface area contributed by atoms with Gasteiger partial charge in [0.05, 0.1) is 27.6 Å². The van der Waals surface area contributed by atoms with Crippen molar-refractivity contribution in [3.8, 4) is 0 Å². The Morgan fingerprint density at radius 2 is 1.03 bits per heavy atom. The maximum absolute atomic E-state index is 11.5. The van der Waals surface area contributed by atoms with Crippen molar-refractivity contribution in [2.45, 2.75) is 9.79 Å². The zero-order valence-electron chi connectivity index (χ0n) is 16.3. The number of hydrogen-bond donors (Lipinski definition) is 2. The third-order valence-corrected chi connectivity index (χ3v) is 5.82. The van der Waals surface area contributed by atoms with Crippen molar-refractivity contribution in [1.29, 1.82) is 0 Å². The molecule has 3 aromatic rings. The topological polar surface area (TPSA) is 158 Å². The maximum atomic E-state index is 11.5. The molecule has 0 fully saturated rings. The second kappa shape index (κ2) is 9.28. The maximum Gasteiger partial charge on any atom is 0.295 e. The Hall–Kier alpha value is -3.58. The summed E-state index contributed by atoms with van der Waals surface area (Å²) in [4.78, 5) is -0.557. The van der Waals surface area contributed by atoms with Crippen molar-refractivity contribution in [2.24, 2.45) is 20.5 Å². The molecule has 0 aromatic heterocycles. The van der Waals surface area contributed by atoms with Crippen LogP contribution in [0.1, 0.15) is 5.56 Å². The molecular formula is C20H16N4O6S2. The van der Waals surface area contributed by atoms with Gasteiger partial charge in [0.15, 0.2) is 0 Å². The monoisotopic (exact) mass is 472 g/mol. The molecule has 0 bridgehead atoms. The second-order valence-corrected chi connectivity index (χ2v) is 9.10. The summed E-state index contributed by atoms with van der Waals surface area (Å²) < 4.78 is 63.3. The molecule has 0 unspecified atom stereocenters. The molecule has 0 aliphatic heterocycles. The molecule has 0 saturated heterocycles. The van der Waals surface area contributed by atoms with Gasteiger partial charge in [0.25, 0.3) is 20.2 Å². The van der Waals surface area contributed by atoms with Gasteiger partial charge >= 0.3 is 0 Å². The van der Waals surface area contributed by atoms with Crippen molar-refractivity contribution in [3.05, 3.63) is 78.9 Å². The molecule has 32 heavy (non-hydrogen) atoms. The molecular weight excluding hydrogens is 456 g/mol. The fourth-order valence-electron chi connectivity index (χ4n) is 2.48. The Kier molecular flexibility index (Phi) is 6.69. The van der Waals surface area contributed by atoms with Crippen molar-refractivity contribution in [3.63, 3.8) is 0 Å². The minimum atomic E-state index is -4.43. The SMILES string of the molecule is C=Cc1ccc(N=Nc2ccc(N=Nc3ccc(S(=O)(=O)O)cc3)cc2)cc1S(=O)(=O)O. The first-order valence-electron chi connectivity index (χ1n) is 8.81. The summed E-state index contributed by atoms with van der Waals surface area (Å²) in [7, 11) is -8.70. The Balaban J connectivity index is 1.73. The number of nitrogens with zero attached hydrogens (tertiary/aromatic N) is 4. The van der Waals surface area contributed by atoms with Crippen LogP contribution >= 0.6 is 0 Å². The molecule has 0 amide bonds. The Bertz CT molecular complexity index is 1410. The molecule has 2 N–H and O–H groups in total. The fraction of sp³-hybridized carbons (Fsp3) is 0. The van der Waals surface area contributed by atoms with Crippen LogP contribution in [0.3, 0.4) is 0 Å². The molecule has 0 aliphatic carbocycles. The zero-order chi connectivity index (χ0) is 23.4. The van der Waals surface area contributed by atoms with Crippen LogP contribution < -0.4 is 0 Å². The van der Waals surface area contributed by atoms with Gasteiger partial charge in [-0.1, -0.05) is 18.7 Å². The third-order valence-electron chi connectivity index (χ3n) is 4.04. The summed E-state index contributed by atoms with van der Waals surface area (Å²) in [5.74, 6) is 0. The van der Waals surface area contributed by atoms with Crippen molar-refractivity contribution < 1.29 is 25.9 Å². The average molecular weight is 473 g/mol.